The number of hydrogen-bond acceptors (Lipinski definition) is 5. The summed E-state index contributed by atoms with van der Waals surface area (Å²) in [5.74, 6) is 1.13. The molecule has 8 nitrogen and oxygen atoms in total. The highest BCUT2D eigenvalue weighted by Gasteiger charge is 2.56. The maximum absolute atomic E-state index is 13.6. The Kier molecular flexibility index (Phi) is 6.58. The highest BCUT2D eigenvalue weighted by atomic mass is 16.5. The first-order chi connectivity index (χ1) is 17.8. The maximum Gasteiger partial charge on any atom is 0.407 e. The smallest absolute Gasteiger partial charge is 0.407 e. The molecule has 2 fully saturated rings. The van der Waals surface area contributed by atoms with Crippen LogP contribution in [0.25, 0.3) is 22.4 Å². The van der Waals surface area contributed by atoms with Gasteiger partial charge in [0.05, 0.1) is 25.0 Å². The standard InChI is InChI=1S/C29H32N4O4/c1-16(2)26(32-29(36)37-4)28(35)33-24-13-22(24)14-25(33)27-30-15-23(31-27)21-11-9-20(10-12-21)19-7-5-18(6-8-19)17(3)34/h5-12,15-16,22,24-26H,13-14H2,1-4H3,(H,30,31)(H,32,36)/t22-,24-,25+,26+/m1/s1. The number of carbonyl (C=O) groups excluding carboxylic acids is 3. The molecule has 192 valence electrons. The van der Waals surface area contributed by atoms with Crippen molar-refractivity contribution >= 4 is 17.8 Å². The molecule has 5 rings (SSSR count). The number of imidazole rings is 1. The Bertz CT molecular complexity index is 1310. The third-order valence-electron chi connectivity index (χ3n) is 7.48. The van der Waals surface area contributed by atoms with Crippen molar-refractivity contribution < 1.29 is 19.1 Å². The number of benzene rings is 2. The number of Topliss-reactive ketones (excluding diaryl/α,β-unsaturated/α-hetero) is 1. The van der Waals surface area contributed by atoms with Crippen LogP contribution in [0.4, 0.5) is 4.79 Å². The van der Waals surface area contributed by atoms with Crippen molar-refractivity contribution in [1.29, 1.82) is 0 Å². The topological polar surface area (TPSA) is 104 Å². The molecule has 0 unspecified atom stereocenters. The fourth-order valence-electron chi connectivity index (χ4n) is 5.27. The lowest BCUT2D eigenvalue weighted by Crippen LogP contribution is -2.52. The van der Waals surface area contributed by atoms with E-state index in [0.717, 1.165) is 41.1 Å². The summed E-state index contributed by atoms with van der Waals surface area (Å²) in [6.45, 7) is 5.40. The number of piperidine rings is 1. The van der Waals surface area contributed by atoms with Crippen LogP contribution in [0, 0.1) is 11.8 Å². The van der Waals surface area contributed by atoms with Crippen LogP contribution in [0.2, 0.25) is 0 Å². The van der Waals surface area contributed by atoms with Crippen molar-refractivity contribution in [3.8, 4) is 22.4 Å². The molecular formula is C29H32N4O4. The van der Waals surface area contributed by atoms with Crippen LogP contribution >= 0.6 is 0 Å². The minimum atomic E-state index is -0.652. The average molecular weight is 501 g/mol. The van der Waals surface area contributed by atoms with E-state index in [1.807, 2.05) is 73.5 Å². The van der Waals surface area contributed by atoms with Crippen molar-refractivity contribution in [3.63, 3.8) is 0 Å². The molecule has 3 aromatic rings. The molecule has 2 amide bonds. The van der Waals surface area contributed by atoms with Gasteiger partial charge < -0.3 is 19.9 Å². The number of ether oxygens (including phenoxy) is 1. The summed E-state index contributed by atoms with van der Waals surface area (Å²) in [6, 6.07) is 15.2. The average Bonchev–Trinajstić information content (AvgIpc) is 3.31. The van der Waals surface area contributed by atoms with Crippen LogP contribution in [0.3, 0.4) is 0 Å². The van der Waals surface area contributed by atoms with Gasteiger partial charge in [0.15, 0.2) is 5.78 Å². The minimum Gasteiger partial charge on any atom is -0.453 e. The highest BCUT2D eigenvalue weighted by molar-refractivity contribution is 5.94. The Labute approximate surface area is 216 Å². The Balaban J connectivity index is 1.34. The predicted octanol–water partition coefficient (Wildman–Crippen LogP) is 4.99. The van der Waals surface area contributed by atoms with E-state index in [-0.39, 0.29) is 29.7 Å². The molecule has 0 radical (unpaired) electrons. The second-order valence-electron chi connectivity index (χ2n) is 10.3. The van der Waals surface area contributed by atoms with E-state index in [2.05, 4.69) is 15.3 Å². The first kappa shape index (κ1) is 24.7. The summed E-state index contributed by atoms with van der Waals surface area (Å²) in [4.78, 5) is 47.0. The SMILES string of the molecule is COC(=O)N[C@H](C(=O)N1[C@@H]2C[C@@H]2C[C@H]1c1ncc(-c2ccc(-c3ccc(C(C)=O)cc3)cc2)[nH]1)C(C)C. The third-order valence-corrected chi connectivity index (χ3v) is 7.48. The Morgan fingerprint density at radius 1 is 1.00 bits per heavy atom. The molecule has 2 aliphatic rings. The van der Waals surface area contributed by atoms with Crippen LogP contribution < -0.4 is 5.32 Å². The number of amides is 2. The lowest BCUT2D eigenvalue weighted by atomic mass is 10.0. The van der Waals surface area contributed by atoms with Gasteiger partial charge in [-0.1, -0.05) is 62.4 Å². The van der Waals surface area contributed by atoms with Crippen molar-refractivity contribution in [2.75, 3.05) is 7.11 Å². The van der Waals surface area contributed by atoms with E-state index >= 15 is 0 Å². The van der Waals surface area contributed by atoms with Gasteiger partial charge in [-0.3, -0.25) is 9.59 Å². The third kappa shape index (κ3) is 4.88. The molecule has 2 aromatic carbocycles. The number of fused-ring (bicyclic) bond motifs is 1. The van der Waals surface area contributed by atoms with Crippen LogP contribution in [0.1, 0.15) is 55.8 Å². The molecule has 0 spiro atoms. The number of aromatic nitrogens is 2. The number of rotatable bonds is 7. The fraction of sp³-hybridized carbons (Fsp3) is 0.379. The zero-order valence-corrected chi connectivity index (χ0v) is 21.5. The van der Waals surface area contributed by atoms with Gasteiger partial charge in [0.2, 0.25) is 5.91 Å². The largest absolute Gasteiger partial charge is 0.453 e. The maximum atomic E-state index is 13.6. The van der Waals surface area contributed by atoms with Crippen LogP contribution in [0.15, 0.2) is 54.7 Å². The van der Waals surface area contributed by atoms with Crippen molar-refractivity contribution in [1.82, 2.24) is 20.2 Å². The monoisotopic (exact) mass is 500 g/mol. The predicted molar refractivity (Wildman–Crippen MR) is 140 cm³/mol. The van der Waals surface area contributed by atoms with Gasteiger partial charge in [0.1, 0.15) is 11.9 Å². The lowest BCUT2D eigenvalue weighted by Gasteiger charge is -2.31. The lowest BCUT2D eigenvalue weighted by molar-refractivity contribution is -0.136. The fourth-order valence-corrected chi connectivity index (χ4v) is 5.27. The van der Waals surface area contributed by atoms with Gasteiger partial charge in [-0.15, -0.1) is 0 Å². The highest BCUT2D eigenvalue weighted by Crippen LogP contribution is 2.53. The molecule has 37 heavy (non-hydrogen) atoms. The number of aromatic amines is 1. The number of ketones is 1. The number of carbonyl (C=O) groups is 3. The normalized spacial score (nSPS) is 20.9. The van der Waals surface area contributed by atoms with Gasteiger partial charge in [-0.25, -0.2) is 9.78 Å². The molecule has 1 aliphatic carbocycles. The van der Waals surface area contributed by atoms with E-state index < -0.39 is 12.1 Å². The van der Waals surface area contributed by atoms with Crippen LogP contribution in [-0.2, 0) is 9.53 Å². The summed E-state index contributed by atoms with van der Waals surface area (Å²) < 4.78 is 4.74. The minimum absolute atomic E-state index is 0.0521. The van der Waals surface area contributed by atoms with Crippen LogP contribution in [0.5, 0.6) is 0 Å². The van der Waals surface area contributed by atoms with E-state index in [0.29, 0.717) is 11.5 Å². The summed E-state index contributed by atoms with van der Waals surface area (Å²) >= 11 is 0. The summed E-state index contributed by atoms with van der Waals surface area (Å²) in [5.41, 5.74) is 4.68. The van der Waals surface area contributed by atoms with Gasteiger partial charge >= 0.3 is 6.09 Å². The van der Waals surface area contributed by atoms with Gasteiger partial charge in [0, 0.05) is 11.6 Å². The molecule has 1 saturated carbocycles. The summed E-state index contributed by atoms with van der Waals surface area (Å²) in [7, 11) is 1.30. The Morgan fingerprint density at radius 3 is 2.22 bits per heavy atom. The molecule has 1 saturated heterocycles. The second kappa shape index (κ2) is 9.84. The van der Waals surface area contributed by atoms with E-state index in [1.54, 1.807) is 6.92 Å². The molecule has 2 heterocycles. The first-order valence-electron chi connectivity index (χ1n) is 12.7. The van der Waals surface area contributed by atoms with Gasteiger partial charge in [-0.2, -0.15) is 0 Å². The van der Waals surface area contributed by atoms with Crippen molar-refractivity contribution in [2.24, 2.45) is 11.8 Å². The summed E-state index contributed by atoms with van der Waals surface area (Å²) in [5, 5.41) is 2.71. The number of methoxy groups -OCH3 is 1. The van der Waals surface area contributed by atoms with E-state index in [4.69, 9.17) is 4.74 Å². The number of nitrogens with zero attached hydrogens (tertiary/aromatic N) is 2. The van der Waals surface area contributed by atoms with Crippen LogP contribution in [-0.4, -0.2) is 51.8 Å². The number of likely N-dealkylation sites (tertiary alicyclic amines) is 1. The quantitative estimate of drug-likeness (QED) is 0.445. The van der Waals surface area contributed by atoms with Crippen molar-refractivity contribution in [2.45, 2.75) is 51.7 Å². The summed E-state index contributed by atoms with van der Waals surface area (Å²) in [6.07, 6.45) is 3.06. The number of alkyl carbamates (subject to hydrolysis) is 1. The van der Waals surface area contributed by atoms with Gasteiger partial charge in [0.25, 0.3) is 0 Å². The van der Waals surface area contributed by atoms with Gasteiger partial charge in [-0.05, 0) is 48.3 Å². The molecule has 8 heteroatoms. The number of H-pyrrole nitrogens is 1. The molecule has 2 N–H and O–H groups in total. The number of nitrogens with one attached hydrogen (secondary N) is 2. The Morgan fingerprint density at radius 2 is 1.62 bits per heavy atom. The molecule has 4 atom stereocenters. The zero-order valence-electron chi connectivity index (χ0n) is 21.5. The van der Waals surface area contributed by atoms with E-state index in [1.165, 1.54) is 7.11 Å². The Hall–Kier alpha value is -3.94. The molecule has 0 bridgehead atoms. The first-order valence-corrected chi connectivity index (χ1v) is 12.7. The van der Waals surface area contributed by atoms with E-state index in [9.17, 15) is 14.4 Å². The molecule has 1 aliphatic heterocycles. The number of hydrogen-bond donors (Lipinski definition) is 2. The molecular weight excluding hydrogens is 468 g/mol. The zero-order chi connectivity index (χ0) is 26.3. The van der Waals surface area contributed by atoms with Crippen molar-refractivity contribution in [3.05, 3.63) is 66.1 Å². The molecule has 1 aromatic heterocycles. The second-order valence-corrected chi connectivity index (χ2v) is 10.3.